The molecule has 0 saturated heterocycles. The summed E-state index contributed by atoms with van der Waals surface area (Å²) in [5.41, 5.74) is 4.02. The van der Waals surface area contributed by atoms with Gasteiger partial charge in [-0.05, 0) is 18.1 Å². The molecule has 1 heterocycles. The Morgan fingerprint density at radius 2 is 2.33 bits per heavy atom. The van der Waals surface area contributed by atoms with Crippen LogP contribution in [-0.4, -0.2) is 26.9 Å². The first-order valence-corrected chi connectivity index (χ1v) is 5.46. The highest BCUT2D eigenvalue weighted by Gasteiger charge is 2.20. The van der Waals surface area contributed by atoms with Crippen LogP contribution in [0.15, 0.2) is 18.2 Å². The molecule has 3 heteroatoms. The summed E-state index contributed by atoms with van der Waals surface area (Å²) < 4.78 is 5.12. The van der Waals surface area contributed by atoms with Gasteiger partial charge in [0.05, 0.1) is 24.7 Å². The van der Waals surface area contributed by atoms with Gasteiger partial charge in [0.1, 0.15) is 0 Å². The third kappa shape index (κ3) is 1.92. The Balaban J connectivity index is 2.23. The molecular weight excluding hydrogens is 188 g/mol. The summed E-state index contributed by atoms with van der Waals surface area (Å²) in [6.07, 6.45) is 1.08. The molecular formula is C12H18N2O. The fourth-order valence-corrected chi connectivity index (χ4v) is 2.04. The van der Waals surface area contributed by atoms with Crippen molar-refractivity contribution in [2.45, 2.75) is 13.3 Å². The predicted octanol–water partition coefficient (Wildman–Crippen LogP) is 2.08. The second-order valence-corrected chi connectivity index (χ2v) is 3.76. The van der Waals surface area contributed by atoms with Crippen molar-refractivity contribution < 1.29 is 4.74 Å². The van der Waals surface area contributed by atoms with Gasteiger partial charge in [-0.2, -0.15) is 0 Å². The number of rotatable bonds is 4. The Kier molecular flexibility index (Phi) is 3.11. The van der Waals surface area contributed by atoms with E-state index in [9.17, 15) is 0 Å². The van der Waals surface area contributed by atoms with Crippen LogP contribution in [0.3, 0.4) is 0 Å². The van der Waals surface area contributed by atoms with Crippen molar-refractivity contribution in [2.75, 3.05) is 37.1 Å². The van der Waals surface area contributed by atoms with E-state index in [2.05, 4.69) is 35.3 Å². The van der Waals surface area contributed by atoms with Gasteiger partial charge in [0, 0.05) is 13.7 Å². The molecule has 1 aliphatic heterocycles. The minimum Gasteiger partial charge on any atom is -0.383 e. The molecule has 0 fully saturated rings. The Morgan fingerprint density at radius 3 is 3.07 bits per heavy atom. The normalized spacial score (nSPS) is 13.9. The number of methoxy groups -OCH3 is 1. The van der Waals surface area contributed by atoms with Crippen molar-refractivity contribution in [1.29, 1.82) is 0 Å². The maximum Gasteiger partial charge on any atom is 0.0878 e. The molecule has 1 aromatic carbocycles. The highest BCUT2D eigenvalue weighted by Crippen LogP contribution is 2.34. The van der Waals surface area contributed by atoms with Crippen molar-refractivity contribution in [3.8, 4) is 0 Å². The molecule has 3 nitrogen and oxygen atoms in total. The number of hydrogen-bond donors (Lipinski definition) is 1. The van der Waals surface area contributed by atoms with Gasteiger partial charge >= 0.3 is 0 Å². The number of aryl methyl sites for hydroxylation is 1. The minimum atomic E-state index is 0.777. The van der Waals surface area contributed by atoms with E-state index in [1.807, 2.05) is 0 Å². The van der Waals surface area contributed by atoms with Crippen LogP contribution >= 0.6 is 0 Å². The van der Waals surface area contributed by atoms with Gasteiger partial charge in [0.15, 0.2) is 0 Å². The summed E-state index contributed by atoms with van der Waals surface area (Å²) in [6.45, 7) is 4.82. The van der Waals surface area contributed by atoms with Crippen molar-refractivity contribution >= 4 is 11.4 Å². The maximum atomic E-state index is 5.12. The van der Waals surface area contributed by atoms with Crippen LogP contribution in [0.2, 0.25) is 0 Å². The molecule has 1 aromatic rings. The SMILES string of the molecule is CCc1cccc2c1N(CCOC)CN2. The van der Waals surface area contributed by atoms with Gasteiger partial charge < -0.3 is 15.0 Å². The van der Waals surface area contributed by atoms with Crippen molar-refractivity contribution in [3.05, 3.63) is 23.8 Å². The zero-order valence-electron chi connectivity index (χ0n) is 9.42. The lowest BCUT2D eigenvalue weighted by Crippen LogP contribution is -2.27. The number of ether oxygens (including phenoxy) is 1. The Hall–Kier alpha value is -1.22. The third-order valence-corrected chi connectivity index (χ3v) is 2.84. The summed E-state index contributed by atoms with van der Waals surface area (Å²) in [6, 6.07) is 6.46. The molecule has 0 unspecified atom stereocenters. The number of anilines is 2. The van der Waals surface area contributed by atoms with Gasteiger partial charge in [-0.25, -0.2) is 0 Å². The molecule has 0 bridgehead atoms. The van der Waals surface area contributed by atoms with Gasteiger partial charge in [-0.15, -0.1) is 0 Å². The minimum absolute atomic E-state index is 0.777. The van der Waals surface area contributed by atoms with E-state index in [1.54, 1.807) is 7.11 Å². The van der Waals surface area contributed by atoms with E-state index in [0.29, 0.717) is 0 Å². The lowest BCUT2D eigenvalue weighted by Gasteiger charge is -2.19. The van der Waals surface area contributed by atoms with Crippen LogP contribution in [-0.2, 0) is 11.2 Å². The molecule has 0 aliphatic carbocycles. The fraction of sp³-hybridized carbons (Fsp3) is 0.500. The van der Waals surface area contributed by atoms with Gasteiger partial charge in [0.25, 0.3) is 0 Å². The number of fused-ring (bicyclic) bond motifs is 1. The van der Waals surface area contributed by atoms with E-state index in [1.165, 1.54) is 16.9 Å². The predicted molar refractivity (Wildman–Crippen MR) is 63.5 cm³/mol. The Bertz CT molecular complexity index is 338. The van der Waals surface area contributed by atoms with E-state index in [4.69, 9.17) is 4.74 Å². The van der Waals surface area contributed by atoms with E-state index >= 15 is 0 Å². The summed E-state index contributed by atoms with van der Waals surface area (Å²) in [5.74, 6) is 0. The topological polar surface area (TPSA) is 24.5 Å². The maximum absolute atomic E-state index is 5.12. The van der Waals surface area contributed by atoms with Crippen LogP contribution < -0.4 is 10.2 Å². The Labute approximate surface area is 91.0 Å². The average molecular weight is 206 g/mol. The largest absolute Gasteiger partial charge is 0.383 e. The summed E-state index contributed by atoms with van der Waals surface area (Å²) >= 11 is 0. The number of nitrogens with zero attached hydrogens (tertiary/aromatic N) is 1. The zero-order chi connectivity index (χ0) is 10.7. The van der Waals surface area contributed by atoms with E-state index in [0.717, 1.165) is 26.2 Å². The molecule has 0 amide bonds. The molecule has 15 heavy (non-hydrogen) atoms. The smallest absolute Gasteiger partial charge is 0.0878 e. The number of benzene rings is 1. The lowest BCUT2D eigenvalue weighted by atomic mass is 10.1. The van der Waals surface area contributed by atoms with Crippen LogP contribution in [0.5, 0.6) is 0 Å². The summed E-state index contributed by atoms with van der Waals surface area (Å²) in [4.78, 5) is 2.34. The number of hydrogen-bond acceptors (Lipinski definition) is 3. The number of nitrogens with one attached hydrogen (secondary N) is 1. The molecule has 82 valence electrons. The van der Waals surface area contributed by atoms with Crippen molar-refractivity contribution in [1.82, 2.24) is 0 Å². The molecule has 1 aliphatic rings. The van der Waals surface area contributed by atoms with Gasteiger partial charge in [-0.3, -0.25) is 0 Å². The molecule has 0 saturated carbocycles. The van der Waals surface area contributed by atoms with Gasteiger partial charge in [-0.1, -0.05) is 19.1 Å². The highest BCUT2D eigenvalue weighted by atomic mass is 16.5. The Morgan fingerprint density at radius 1 is 1.47 bits per heavy atom. The molecule has 0 atom stereocenters. The number of para-hydroxylation sites is 1. The monoisotopic (exact) mass is 206 g/mol. The average Bonchev–Trinajstić information content (AvgIpc) is 2.69. The lowest BCUT2D eigenvalue weighted by molar-refractivity contribution is 0.206. The second-order valence-electron chi connectivity index (χ2n) is 3.76. The molecule has 1 N–H and O–H groups in total. The van der Waals surface area contributed by atoms with Crippen LogP contribution in [0, 0.1) is 0 Å². The molecule has 0 aromatic heterocycles. The third-order valence-electron chi connectivity index (χ3n) is 2.84. The highest BCUT2D eigenvalue weighted by molar-refractivity contribution is 5.78. The van der Waals surface area contributed by atoms with Crippen molar-refractivity contribution in [3.63, 3.8) is 0 Å². The molecule has 2 rings (SSSR count). The quantitative estimate of drug-likeness (QED) is 0.816. The van der Waals surface area contributed by atoms with Crippen LogP contribution in [0.25, 0.3) is 0 Å². The standard InChI is InChI=1S/C12H18N2O/c1-3-10-5-4-6-11-12(10)14(9-13-11)7-8-15-2/h4-6,13H,3,7-9H2,1-2H3. The zero-order valence-corrected chi connectivity index (χ0v) is 9.42. The van der Waals surface area contributed by atoms with Crippen LogP contribution in [0.1, 0.15) is 12.5 Å². The summed E-state index contributed by atoms with van der Waals surface area (Å²) in [7, 11) is 1.75. The first-order chi connectivity index (χ1) is 7.36. The van der Waals surface area contributed by atoms with Crippen molar-refractivity contribution in [2.24, 2.45) is 0 Å². The first kappa shape index (κ1) is 10.3. The first-order valence-electron chi connectivity index (χ1n) is 5.46. The van der Waals surface area contributed by atoms with Crippen LogP contribution in [0.4, 0.5) is 11.4 Å². The fourth-order valence-electron chi connectivity index (χ4n) is 2.04. The second kappa shape index (κ2) is 4.53. The molecule has 0 spiro atoms. The molecule has 0 radical (unpaired) electrons. The van der Waals surface area contributed by atoms with E-state index in [-0.39, 0.29) is 0 Å². The van der Waals surface area contributed by atoms with Gasteiger partial charge in [0.2, 0.25) is 0 Å². The van der Waals surface area contributed by atoms with E-state index < -0.39 is 0 Å². The summed E-state index contributed by atoms with van der Waals surface area (Å²) in [5, 5.41) is 3.40.